The monoisotopic (exact) mass is 426 g/mol. The highest BCUT2D eigenvalue weighted by molar-refractivity contribution is 6.08. The Morgan fingerprint density at radius 2 is 1.56 bits per heavy atom. The second-order valence-corrected chi connectivity index (χ2v) is 6.98. The lowest BCUT2D eigenvalue weighted by Crippen LogP contribution is -2.18. The minimum absolute atomic E-state index is 0.189. The fourth-order valence-corrected chi connectivity index (χ4v) is 3.34. The standard InChI is InChI=1S/C25H22N4O3/c1-26-24(30)17-12-14-18(15-13-17)27-25(31)21-16-29(19-8-4-3-5-9-19)28-23(21)20-10-6-7-11-22(20)32-2/h3-16H,1-2H3,(H,26,30)(H,27,31). The average Bonchev–Trinajstić information content (AvgIpc) is 3.30. The van der Waals surface area contributed by atoms with Crippen molar-refractivity contribution in [3.63, 3.8) is 0 Å². The van der Waals surface area contributed by atoms with Crippen LogP contribution in [-0.4, -0.2) is 35.8 Å². The van der Waals surface area contributed by atoms with Gasteiger partial charge < -0.3 is 15.4 Å². The van der Waals surface area contributed by atoms with Crippen LogP contribution in [0, 0.1) is 0 Å². The molecule has 2 N–H and O–H groups in total. The molecule has 0 atom stereocenters. The van der Waals surface area contributed by atoms with Gasteiger partial charge in [-0.05, 0) is 48.5 Å². The summed E-state index contributed by atoms with van der Waals surface area (Å²) in [6, 6.07) is 23.7. The van der Waals surface area contributed by atoms with Crippen LogP contribution in [0.1, 0.15) is 20.7 Å². The molecular weight excluding hydrogens is 404 g/mol. The molecule has 1 heterocycles. The van der Waals surface area contributed by atoms with E-state index in [1.807, 2.05) is 54.6 Å². The number of anilines is 1. The topological polar surface area (TPSA) is 85.3 Å². The molecule has 0 fully saturated rings. The van der Waals surface area contributed by atoms with Crippen molar-refractivity contribution in [2.45, 2.75) is 0 Å². The van der Waals surface area contributed by atoms with Gasteiger partial charge in [-0.25, -0.2) is 4.68 Å². The molecule has 0 radical (unpaired) electrons. The van der Waals surface area contributed by atoms with Crippen LogP contribution in [-0.2, 0) is 0 Å². The summed E-state index contributed by atoms with van der Waals surface area (Å²) >= 11 is 0. The molecule has 32 heavy (non-hydrogen) atoms. The zero-order valence-corrected chi connectivity index (χ0v) is 17.7. The highest BCUT2D eigenvalue weighted by Crippen LogP contribution is 2.32. The van der Waals surface area contributed by atoms with Crippen molar-refractivity contribution in [1.29, 1.82) is 0 Å². The molecule has 0 aliphatic heterocycles. The van der Waals surface area contributed by atoms with E-state index in [-0.39, 0.29) is 11.8 Å². The van der Waals surface area contributed by atoms with Gasteiger partial charge in [0.25, 0.3) is 11.8 Å². The van der Waals surface area contributed by atoms with Gasteiger partial charge in [-0.3, -0.25) is 9.59 Å². The number of aromatic nitrogens is 2. The van der Waals surface area contributed by atoms with E-state index in [9.17, 15) is 9.59 Å². The van der Waals surface area contributed by atoms with Gasteiger partial charge >= 0.3 is 0 Å². The number of ether oxygens (including phenoxy) is 1. The third-order valence-corrected chi connectivity index (χ3v) is 4.97. The van der Waals surface area contributed by atoms with E-state index in [1.165, 1.54) is 0 Å². The molecule has 0 aliphatic rings. The van der Waals surface area contributed by atoms with E-state index in [0.29, 0.717) is 33.8 Å². The van der Waals surface area contributed by atoms with E-state index >= 15 is 0 Å². The number of benzene rings is 3. The summed E-state index contributed by atoms with van der Waals surface area (Å²) < 4.78 is 7.17. The van der Waals surface area contributed by atoms with Crippen molar-refractivity contribution in [3.8, 4) is 22.7 Å². The van der Waals surface area contributed by atoms with Crippen LogP contribution < -0.4 is 15.4 Å². The van der Waals surface area contributed by atoms with Crippen LogP contribution in [0.2, 0.25) is 0 Å². The number of hydrogen-bond acceptors (Lipinski definition) is 4. The molecule has 1 aromatic heterocycles. The lowest BCUT2D eigenvalue weighted by atomic mass is 10.1. The van der Waals surface area contributed by atoms with Gasteiger partial charge in [0.15, 0.2) is 0 Å². The zero-order valence-electron chi connectivity index (χ0n) is 17.7. The van der Waals surface area contributed by atoms with Crippen LogP contribution in [0.25, 0.3) is 16.9 Å². The summed E-state index contributed by atoms with van der Waals surface area (Å²) in [5, 5.41) is 10.2. The number of carbonyl (C=O) groups is 2. The SMILES string of the molecule is CNC(=O)c1ccc(NC(=O)c2cn(-c3ccccc3)nc2-c2ccccc2OC)cc1. The number of nitrogens with one attached hydrogen (secondary N) is 2. The Bertz CT molecular complexity index is 1250. The maximum absolute atomic E-state index is 13.2. The minimum Gasteiger partial charge on any atom is -0.496 e. The zero-order chi connectivity index (χ0) is 22.5. The Labute approximate surface area is 185 Å². The second kappa shape index (κ2) is 9.18. The number of rotatable bonds is 6. The van der Waals surface area contributed by atoms with Crippen molar-refractivity contribution in [2.24, 2.45) is 0 Å². The van der Waals surface area contributed by atoms with Crippen LogP contribution in [0.3, 0.4) is 0 Å². The molecule has 7 heteroatoms. The summed E-state index contributed by atoms with van der Waals surface area (Å²) in [6.45, 7) is 0. The molecule has 160 valence electrons. The predicted molar refractivity (Wildman–Crippen MR) is 123 cm³/mol. The van der Waals surface area contributed by atoms with E-state index in [2.05, 4.69) is 10.6 Å². The van der Waals surface area contributed by atoms with Gasteiger partial charge in [-0.15, -0.1) is 0 Å². The molecule has 0 saturated carbocycles. The first-order chi connectivity index (χ1) is 15.6. The largest absolute Gasteiger partial charge is 0.496 e. The van der Waals surface area contributed by atoms with Crippen LogP contribution in [0.4, 0.5) is 5.69 Å². The summed E-state index contributed by atoms with van der Waals surface area (Å²) in [6.07, 6.45) is 1.70. The van der Waals surface area contributed by atoms with Gasteiger partial charge in [0, 0.05) is 30.1 Å². The molecule has 4 aromatic rings. The van der Waals surface area contributed by atoms with Crippen LogP contribution >= 0.6 is 0 Å². The molecule has 0 aliphatic carbocycles. The van der Waals surface area contributed by atoms with Crippen LogP contribution in [0.5, 0.6) is 5.75 Å². The Morgan fingerprint density at radius 1 is 0.875 bits per heavy atom. The molecule has 0 saturated heterocycles. The molecule has 0 bridgehead atoms. The Morgan fingerprint density at radius 3 is 2.25 bits per heavy atom. The maximum Gasteiger partial charge on any atom is 0.259 e. The number of methoxy groups -OCH3 is 1. The fourth-order valence-electron chi connectivity index (χ4n) is 3.34. The lowest BCUT2D eigenvalue weighted by Gasteiger charge is -2.09. The summed E-state index contributed by atoms with van der Waals surface area (Å²) in [7, 11) is 3.16. The third kappa shape index (κ3) is 4.22. The Balaban J connectivity index is 1.72. The Kier molecular flexibility index (Phi) is 5.98. The quantitative estimate of drug-likeness (QED) is 0.485. The summed E-state index contributed by atoms with van der Waals surface area (Å²) in [4.78, 5) is 25.0. The van der Waals surface area contributed by atoms with Crippen molar-refractivity contribution >= 4 is 17.5 Å². The van der Waals surface area contributed by atoms with Crippen LogP contribution in [0.15, 0.2) is 85.1 Å². The van der Waals surface area contributed by atoms with Crippen molar-refractivity contribution in [2.75, 3.05) is 19.5 Å². The van der Waals surface area contributed by atoms with E-state index in [0.717, 1.165) is 5.69 Å². The second-order valence-electron chi connectivity index (χ2n) is 6.98. The lowest BCUT2D eigenvalue weighted by molar-refractivity contribution is 0.0962. The van der Waals surface area contributed by atoms with E-state index in [1.54, 1.807) is 49.3 Å². The summed E-state index contributed by atoms with van der Waals surface area (Å²) in [5.74, 6) is 0.112. The van der Waals surface area contributed by atoms with Gasteiger partial charge in [-0.2, -0.15) is 5.10 Å². The van der Waals surface area contributed by atoms with Crippen molar-refractivity contribution in [1.82, 2.24) is 15.1 Å². The molecule has 7 nitrogen and oxygen atoms in total. The number of para-hydroxylation sites is 2. The minimum atomic E-state index is -0.319. The average molecular weight is 426 g/mol. The van der Waals surface area contributed by atoms with E-state index < -0.39 is 0 Å². The molecule has 2 amide bonds. The molecule has 0 unspecified atom stereocenters. The van der Waals surface area contributed by atoms with Crippen molar-refractivity contribution in [3.05, 3.63) is 96.2 Å². The molecule has 0 spiro atoms. The van der Waals surface area contributed by atoms with Gasteiger partial charge in [0.05, 0.1) is 18.4 Å². The molecule has 4 rings (SSSR count). The Hall–Kier alpha value is -4.39. The maximum atomic E-state index is 13.2. The number of carbonyl (C=O) groups excluding carboxylic acids is 2. The molecular formula is C25H22N4O3. The smallest absolute Gasteiger partial charge is 0.259 e. The van der Waals surface area contributed by atoms with Gasteiger partial charge in [0.2, 0.25) is 0 Å². The first-order valence-corrected chi connectivity index (χ1v) is 10.0. The normalized spacial score (nSPS) is 10.4. The highest BCUT2D eigenvalue weighted by atomic mass is 16.5. The first-order valence-electron chi connectivity index (χ1n) is 10.0. The van der Waals surface area contributed by atoms with E-state index in [4.69, 9.17) is 9.84 Å². The highest BCUT2D eigenvalue weighted by Gasteiger charge is 2.21. The number of amides is 2. The fraction of sp³-hybridized carbons (Fsp3) is 0.0800. The van der Waals surface area contributed by atoms with Gasteiger partial charge in [0.1, 0.15) is 11.4 Å². The molecule has 3 aromatic carbocycles. The predicted octanol–water partition coefficient (Wildman–Crippen LogP) is 4.16. The number of nitrogens with zero attached hydrogens (tertiary/aromatic N) is 2. The van der Waals surface area contributed by atoms with Crippen molar-refractivity contribution < 1.29 is 14.3 Å². The first kappa shape index (κ1) is 20.9. The number of hydrogen-bond donors (Lipinski definition) is 2. The van der Waals surface area contributed by atoms with Gasteiger partial charge in [-0.1, -0.05) is 30.3 Å². The summed E-state index contributed by atoms with van der Waals surface area (Å²) in [5.41, 5.74) is 3.53. The third-order valence-electron chi connectivity index (χ3n) is 4.97.